The van der Waals surface area contributed by atoms with Crippen molar-refractivity contribution in [2.45, 2.75) is 23.1 Å². The molecule has 0 unspecified atom stereocenters. The monoisotopic (exact) mass is 280 g/mol. The lowest BCUT2D eigenvalue weighted by molar-refractivity contribution is 0.318. The van der Waals surface area contributed by atoms with Crippen molar-refractivity contribution in [2.24, 2.45) is 10.9 Å². The van der Waals surface area contributed by atoms with Crippen LogP contribution in [0.3, 0.4) is 0 Å². The second-order valence-corrected chi connectivity index (χ2v) is 6.14. The molecule has 0 radical (unpaired) electrons. The Balaban J connectivity index is 2.39. The molecule has 1 aromatic carbocycles. The molecule has 0 amide bonds. The van der Waals surface area contributed by atoms with Crippen molar-refractivity contribution in [3.63, 3.8) is 0 Å². The number of hydrogen-bond acceptors (Lipinski definition) is 6. The minimum absolute atomic E-state index is 0.0961. The fraction of sp³-hybridized carbons (Fsp3) is 0.182. The summed E-state index contributed by atoms with van der Waals surface area (Å²) in [5.74, 6) is 0.0961. The number of benzene rings is 1. The highest BCUT2D eigenvalue weighted by Gasteiger charge is 2.11. The first-order valence-electron chi connectivity index (χ1n) is 5.16. The Morgan fingerprint density at radius 3 is 2.78 bits per heavy atom. The van der Waals surface area contributed by atoms with Gasteiger partial charge in [-0.1, -0.05) is 34.3 Å². The van der Waals surface area contributed by atoms with Crippen LogP contribution in [-0.4, -0.2) is 21.2 Å². The molecule has 0 saturated carbocycles. The lowest BCUT2D eigenvalue weighted by atomic mass is 10.1. The molecule has 3 N–H and O–H groups in total. The summed E-state index contributed by atoms with van der Waals surface area (Å²) >= 11 is 2.98. The van der Waals surface area contributed by atoms with Crippen molar-refractivity contribution in [1.82, 2.24) is 10.2 Å². The van der Waals surface area contributed by atoms with Crippen LogP contribution in [-0.2, 0) is 0 Å². The van der Waals surface area contributed by atoms with Gasteiger partial charge in [-0.3, -0.25) is 0 Å². The van der Waals surface area contributed by atoms with Crippen LogP contribution in [0.1, 0.15) is 16.1 Å². The van der Waals surface area contributed by atoms with Gasteiger partial charge in [-0.25, -0.2) is 0 Å². The van der Waals surface area contributed by atoms with Crippen molar-refractivity contribution >= 4 is 28.9 Å². The molecule has 1 aromatic heterocycles. The van der Waals surface area contributed by atoms with E-state index in [1.165, 1.54) is 23.1 Å². The predicted octanol–water partition coefficient (Wildman–Crippen LogP) is 2.40. The molecule has 2 rings (SSSR count). The number of nitrogens with two attached hydrogens (primary N) is 1. The fourth-order valence-corrected chi connectivity index (χ4v) is 3.40. The third kappa shape index (κ3) is 2.80. The number of aryl methyl sites for hydroxylation is 2. The van der Waals surface area contributed by atoms with Gasteiger partial charge in [0.15, 0.2) is 10.2 Å². The molecule has 0 fully saturated rings. The van der Waals surface area contributed by atoms with Gasteiger partial charge in [0.1, 0.15) is 5.01 Å². The van der Waals surface area contributed by atoms with Gasteiger partial charge in [0.2, 0.25) is 0 Å². The normalized spacial score (nSPS) is 11.8. The van der Waals surface area contributed by atoms with Gasteiger partial charge in [-0.2, -0.15) is 0 Å². The quantitative estimate of drug-likeness (QED) is 0.390. The minimum Gasteiger partial charge on any atom is -0.409 e. The molecule has 94 valence electrons. The standard InChI is InChI=1S/C11H12N4OS2/c1-6-3-4-8(10(12)15-16)9(5-6)18-11-14-13-7(2)17-11/h3-5,16H,1-2H3,(H2,12,15). The van der Waals surface area contributed by atoms with E-state index < -0.39 is 0 Å². The molecule has 2 aromatic rings. The number of hydrogen-bond donors (Lipinski definition) is 2. The molecule has 7 heteroatoms. The summed E-state index contributed by atoms with van der Waals surface area (Å²) in [6.07, 6.45) is 0. The average Bonchev–Trinajstić information content (AvgIpc) is 2.74. The number of nitrogens with zero attached hydrogens (tertiary/aromatic N) is 3. The van der Waals surface area contributed by atoms with E-state index in [9.17, 15) is 0 Å². The third-order valence-corrected chi connectivity index (χ3v) is 4.17. The Morgan fingerprint density at radius 2 is 2.17 bits per heavy atom. The molecular weight excluding hydrogens is 268 g/mol. The Morgan fingerprint density at radius 1 is 1.39 bits per heavy atom. The van der Waals surface area contributed by atoms with Gasteiger partial charge in [-0.15, -0.1) is 10.2 Å². The lowest BCUT2D eigenvalue weighted by Crippen LogP contribution is -2.14. The number of rotatable bonds is 3. The maximum absolute atomic E-state index is 8.78. The fourth-order valence-electron chi connectivity index (χ4n) is 1.39. The number of oxime groups is 1. The first kappa shape index (κ1) is 12.8. The van der Waals surface area contributed by atoms with Crippen LogP contribution in [0.4, 0.5) is 0 Å². The molecular formula is C11H12N4OS2. The van der Waals surface area contributed by atoms with Crippen LogP contribution in [0.25, 0.3) is 0 Å². The van der Waals surface area contributed by atoms with E-state index in [1.54, 1.807) is 0 Å². The summed E-state index contributed by atoms with van der Waals surface area (Å²) < 4.78 is 0.838. The Labute approximate surface area is 113 Å². The smallest absolute Gasteiger partial charge is 0.179 e. The lowest BCUT2D eigenvalue weighted by Gasteiger charge is -2.07. The van der Waals surface area contributed by atoms with Crippen molar-refractivity contribution < 1.29 is 5.21 Å². The second kappa shape index (κ2) is 5.36. The van der Waals surface area contributed by atoms with Gasteiger partial charge in [0, 0.05) is 10.5 Å². The highest BCUT2D eigenvalue weighted by atomic mass is 32.2. The largest absolute Gasteiger partial charge is 0.409 e. The van der Waals surface area contributed by atoms with Crippen LogP contribution >= 0.6 is 23.1 Å². The van der Waals surface area contributed by atoms with Crippen molar-refractivity contribution in [1.29, 1.82) is 0 Å². The van der Waals surface area contributed by atoms with E-state index in [0.29, 0.717) is 5.56 Å². The molecule has 0 spiro atoms. The maximum atomic E-state index is 8.78. The highest BCUT2D eigenvalue weighted by molar-refractivity contribution is 8.01. The first-order chi connectivity index (χ1) is 8.60. The van der Waals surface area contributed by atoms with Crippen molar-refractivity contribution in [2.75, 3.05) is 0 Å². The van der Waals surface area contributed by atoms with Crippen LogP contribution in [0.5, 0.6) is 0 Å². The van der Waals surface area contributed by atoms with Gasteiger partial charge >= 0.3 is 0 Å². The van der Waals surface area contributed by atoms with E-state index in [-0.39, 0.29) is 5.84 Å². The molecule has 0 aliphatic rings. The molecule has 18 heavy (non-hydrogen) atoms. The Hall–Kier alpha value is -1.60. The van der Waals surface area contributed by atoms with E-state index in [4.69, 9.17) is 10.9 Å². The molecule has 5 nitrogen and oxygen atoms in total. The van der Waals surface area contributed by atoms with Gasteiger partial charge in [0.25, 0.3) is 0 Å². The molecule has 1 heterocycles. The summed E-state index contributed by atoms with van der Waals surface area (Å²) in [6.45, 7) is 3.90. The first-order valence-corrected chi connectivity index (χ1v) is 6.80. The van der Waals surface area contributed by atoms with Gasteiger partial charge < -0.3 is 10.9 Å². The summed E-state index contributed by atoms with van der Waals surface area (Å²) in [7, 11) is 0. The molecule has 0 aliphatic carbocycles. The second-order valence-electron chi connectivity index (χ2n) is 3.67. The summed E-state index contributed by atoms with van der Waals surface area (Å²) in [6, 6.07) is 5.73. The van der Waals surface area contributed by atoms with Gasteiger partial charge in [0.05, 0.1) is 0 Å². The van der Waals surface area contributed by atoms with Crippen LogP contribution in [0.15, 0.2) is 32.6 Å². The van der Waals surface area contributed by atoms with Crippen molar-refractivity contribution in [3.05, 3.63) is 34.3 Å². The molecule has 0 atom stereocenters. The molecule has 0 aliphatic heterocycles. The number of aromatic nitrogens is 2. The van der Waals surface area contributed by atoms with Crippen LogP contribution in [0.2, 0.25) is 0 Å². The zero-order chi connectivity index (χ0) is 13.1. The average molecular weight is 280 g/mol. The molecule has 0 saturated heterocycles. The maximum Gasteiger partial charge on any atom is 0.179 e. The summed E-state index contributed by atoms with van der Waals surface area (Å²) in [4.78, 5) is 0.904. The Kier molecular flexibility index (Phi) is 3.83. The Bertz CT molecular complexity index is 594. The van der Waals surface area contributed by atoms with E-state index >= 15 is 0 Å². The topological polar surface area (TPSA) is 84.4 Å². The predicted molar refractivity (Wildman–Crippen MR) is 72.5 cm³/mol. The van der Waals surface area contributed by atoms with E-state index in [1.807, 2.05) is 32.0 Å². The van der Waals surface area contributed by atoms with Crippen LogP contribution < -0.4 is 5.73 Å². The van der Waals surface area contributed by atoms with E-state index in [0.717, 1.165) is 19.8 Å². The van der Waals surface area contributed by atoms with Gasteiger partial charge in [-0.05, 0) is 31.5 Å². The zero-order valence-corrected chi connectivity index (χ0v) is 11.5. The number of amidine groups is 1. The van der Waals surface area contributed by atoms with Crippen LogP contribution in [0, 0.1) is 13.8 Å². The summed E-state index contributed by atoms with van der Waals surface area (Å²) in [5.41, 5.74) is 7.46. The minimum atomic E-state index is 0.0961. The van der Waals surface area contributed by atoms with Crippen molar-refractivity contribution in [3.8, 4) is 0 Å². The summed E-state index contributed by atoms with van der Waals surface area (Å²) in [5, 5.41) is 20.8. The molecule has 0 bridgehead atoms. The van der Waals surface area contributed by atoms with E-state index in [2.05, 4.69) is 15.4 Å². The third-order valence-electron chi connectivity index (χ3n) is 2.23. The SMILES string of the molecule is Cc1ccc(C(N)=NO)c(Sc2nnc(C)s2)c1. The zero-order valence-electron chi connectivity index (χ0n) is 9.91. The highest BCUT2D eigenvalue weighted by Crippen LogP contribution is 2.32.